The number of nitrogens with one attached hydrogen (secondary N) is 1. The minimum atomic E-state index is -3.40. The van der Waals surface area contributed by atoms with Gasteiger partial charge in [0.05, 0.1) is 16.5 Å². The van der Waals surface area contributed by atoms with Crippen molar-refractivity contribution in [1.29, 1.82) is 0 Å². The van der Waals surface area contributed by atoms with Gasteiger partial charge in [-0.05, 0) is 55.3 Å². The van der Waals surface area contributed by atoms with E-state index in [1.165, 1.54) is 10.4 Å². The van der Waals surface area contributed by atoms with Crippen LogP contribution in [0, 0.1) is 0 Å². The smallest absolute Gasteiger partial charge is 0.255 e. The summed E-state index contributed by atoms with van der Waals surface area (Å²) in [4.78, 5) is 14.6. The van der Waals surface area contributed by atoms with E-state index in [1.807, 2.05) is 43.3 Å². The summed E-state index contributed by atoms with van der Waals surface area (Å²) < 4.78 is 26.0. The van der Waals surface area contributed by atoms with Crippen molar-refractivity contribution < 1.29 is 13.2 Å². The molecular formula is C19H22ClN3O3S. The summed E-state index contributed by atoms with van der Waals surface area (Å²) in [5.41, 5.74) is 2.39. The second kappa shape index (κ2) is 7.78. The Kier molecular flexibility index (Phi) is 5.62. The number of hydrogen-bond donors (Lipinski definition) is 1. The number of amides is 1. The highest BCUT2D eigenvalue weighted by molar-refractivity contribution is 7.92. The maximum atomic E-state index is 12.6. The van der Waals surface area contributed by atoms with E-state index in [4.69, 9.17) is 11.6 Å². The molecule has 8 heteroatoms. The molecule has 3 rings (SSSR count). The molecule has 1 N–H and O–H groups in total. The number of halogens is 1. The van der Waals surface area contributed by atoms with Crippen LogP contribution in [0.1, 0.15) is 23.2 Å². The lowest BCUT2D eigenvalue weighted by Gasteiger charge is -2.29. The Morgan fingerprint density at radius 1 is 1.11 bits per heavy atom. The first-order chi connectivity index (χ1) is 12.8. The molecule has 2 aromatic carbocycles. The van der Waals surface area contributed by atoms with Crippen LogP contribution in [0.5, 0.6) is 0 Å². The summed E-state index contributed by atoms with van der Waals surface area (Å²) in [5.74, 6) is -0.224. The van der Waals surface area contributed by atoms with Gasteiger partial charge in [0.15, 0.2) is 0 Å². The highest BCUT2D eigenvalue weighted by atomic mass is 35.5. The average Bonchev–Trinajstić information content (AvgIpc) is 2.62. The molecular weight excluding hydrogens is 386 g/mol. The number of nitrogens with zero attached hydrogens (tertiary/aromatic N) is 2. The van der Waals surface area contributed by atoms with Crippen molar-refractivity contribution in [3.63, 3.8) is 0 Å². The fraction of sp³-hybridized carbons (Fsp3) is 0.316. The minimum Gasteiger partial charge on any atom is -0.378 e. The van der Waals surface area contributed by atoms with Gasteiger partial charge in [-0.25, -0.2) is 8.42 Å². The molecule has 1 amide bonds. The van der Waals surface area contributed by atoms with E-state index in [0.717, 1.165) is 12.1 Å². The van der Waals surface area contributed by atoms with Crippen molar-refractivity contribution >= 4 is 44.6 Å². The summed E-state index contributed by atoms with van der Waals surface area (Å²) in [7, 11) is 0.483. The fourth-order valence-electron chi connectivity index (χ4n) is 2.95. The van der Waals surface area contributed by atoms with Crippen molar-refractivity contribution in [3.8, 4) is 0 Å². The Hall–Kier alpha value is -2.25. The third-order valence-electron chi connectivity index (χ3n) is 4.47. The minimum absolute atomic E-state index is 0.0952. The molecule has 0 saturated carbocycles. The highest BCUT2D eigenvalue weighted by Crippen LogP contribution is 2.32. The standard InChI is InChI=1S/C19H22ClN3O3S/c1-22(2)16-8-6-15(7-9-16)21-19(24)14-5-10-17(20)18(13-14)23-11-3-4-12-27(23,25)26/h5-10,13H,3-4,11-12H2,1-2H3,(H,21,24). The molecule has 1 heterocycles. The lowest BCUT2D eigenvalue weighted by atomic mass is 10.1. The van der Waals surface area contributed by atoms with Gasteiger partial charge >= 0.3 is 0 Å². The molecule has 0 aliphatic carbocycles. The maximum Gasteiger partial charge on any atom is 0.255 e. The van der Waals surface area contributed by atoms with Gasteiger partial charge in [-0.3, -0.25) is 9.10 Å². The van der Waals surface area contributed by atoms with E-state index in [2.05, 4.69) is 5.32 Å². The third-order valence-corrected chi connectivity index (χ3v) is 6.64. The number of sulfonamides is 1. The normalized spacial score (nSPS) is 16.0. The zero-order chi connectivity index (χ0) is 19.6. The van der Waals surface area contributed by atoms with Crippen LogP contribution in [0.3, 0.4) is 0 Å². The monoisotopic (exact) mass is 407 g/mol. The molecule has 144 valence electrons. The lowest BCUT2D eigenvalue weighted by Crippen LogP contribution is -2.38. The van der Waals surface area contributed by atoms with Crippen LogP contribution >= 0.6 is 11.6 Å². The molecule has 6 nitrogen and oxygen atoms in total. The molecule has 0 aromatic heterocycles. The van der Waals surface area contributed by atoms with Gasteiger partial charge in [0.1, 0.15) is 0 Å². The Balaban J connectivity index is 1.83. The summed E-state index contributed by atoms with van der Waals surface area (Å²) >= 11 is 6.23. The van der Waals surface area contributed by atoms with Crippen LogP contribution in [0.2, 0.25) is 5.02 Å². The molecule has 0 unspecified atom stereocenters. The number of rotatable bonds is 4. The highest BCUT2D eigenvalue weighted by Gasteiger charge is 2.28. The molecule has 0 spiro atoms. The van der Waals surface area contributed by atoms with Crippen LogP contribution in [-0.2, 0) is 10.0 Å². The molecule has 27 heavy (non-hydrogen) atoms. The number of carbonyl (C=O) groups is 1. The molecule has 0 radical (unpaired) electrons. The second-order valence-corrected chi connectivity index (χ2v) is 9.08. The lowest BCUT2D eigenvalue weighted by molar-refractivity contribution is 0.102. The zero-order valence-corrected chi connectivity index (χ0v) is 16.8. The van der Waals surface area contributed by atoms with Gasteiger partial charge < -0.3 is 10.2 Å². The first-order valence-corrected chi connectivity index (χ1v) is 10.7. The maximum absolute atomic E-state index is 12.6. The average molecular weight is 408 g/mol. The predicted molar refractivity (Wildman–Crippen MR) is 111 cm³/mol. The van der Waals surface area contributed by atoms with Crippen LogP contribution in [0.15, 0.2) is 42.5 Å². The topological polar surface area (TPSA) is 69.7 Å². The predicted octanol–water partition coefficient (Wildman–Crippen LogP) is 3.59. The van der Waals surface area contributed by atoms with E-state index in [-0.39, 0.29) is 11.7 Å². The second-order valence-electron chi connectivity index (χ2n) is 6.66. The van der Waals surface area contributed by atoms with E-state index >= 15 is 0 Å². The SMILES string of the molecule is CN(C)c1ccc(NC(=O)c2ccc(Cl)c(N3CCCCS3(=O)=O)c2)cc1. The zero-order valence-electron chi connectivity index (χ0n) is 15.3. The third kappa shape index (κ3) is 4.36. The fourth-order valence-corrected chi connectivity index (χ4v) is 4.87. The van der Waals surface area contributed by atoms with E-state index in [0.29, 0.717) is 34.9 Å². The van der Waals surface area contributed by atoms with Gasteiger partial charge in [-0.15, -0.1) is 0 Å². The Labute approximate surface area is 164 Å². The Morgan fingerprint density at radius 2 is 1.81 bits per heavy atom. The van der Waals surface area contributed by atoms with Crippen molar-refractivity contribution in [2.45, 2.75) is 12.8 Å². The van der Waals surface area contributed by atoms with Crippen LogP contribution in [0.4, 0.5) is 17.1 Å². The van der Waals surface area contributed by atoms with E-state index in [9.17, 15) is 13.2 Å². The quantitative estimate of drug-likeness (QED) is 0.840. The van der Waals surface area contributed by atoms with Gasteiger partial charge in [0, 0.05) is 37.6 Å². The van der Waals surface area contributed by atoms with E-state index < -0.39 is 10.0 Å². The molecule has 1 saturated heterocycles. The number of hydrogen-bond acceptors (Lipinski definition) is 4. The first-order valence-electron chi connectivity index (χ1n) is 8.66. The Bertz CT molecular complexity index is 943. The van der Waals surface area contributed by atoms with Crippen molar-refractivity contribution in [3.05, 3.63) is 53.1 Å². The van der Waals surface area contributed by atoms with Gasteiger partial charge in [-0.1, -0.05) is 11.6 Å². The van der Waals surface area contributed by atoms with Crippen LogP contribution in [-0.4, -0.2) is 40.7 Å². The summed E-state index contributed by atoms with van der Waals surface area (Å²) in [6, 6.07) is 12.1. The molecule has 1 aliphatic rings. The van der Waals surface area contributed by atoms with Crippen LogP contribution < -0.4 is 14.5 Å². The molecule has 0 bridgehead atoms. The van der Waals surface area contributed by atoms with Crippen molar-refractivity contribution in [2.24, 2.45) is 0 Å². The molecule has 2 aromatic rings. The van der Waals surface area contributed by atoms with E-state index in [1.54, 1.807) is 12.1 Å². The van der Waals surface area contributed by atoms with Crippen molar-refractivity contribution in [2.75, 3.05) is 40.9 Å². The molecule has 0 atom stereocenters. The number of anilines is 3. The molecule has 1 fully saturated rings. The Morgan fingerprint density at radius 3 is 2.44 bits per heavy atom. The number of benzene rings is 2. The molecule has 1 aliphatic heterocycles. The summed E-state index contributed by atoms with van der Waals surface area (Å²) in [6.45, 7) is 0.374. The van der Waals surface area contributed by atoms with Gasteiger partial charge in [-0.2, -0.15) is 0 Å². The largest absolute Gasteiger partial charge is 0.378 e. The van der Waals surface area contributed by atoms with Gasteiger partial charge in [0.25, 0.3) is 5.91 Å². The number of carbonyl (C=O) groups excluding carboxylic acids is 1. The first kappa shape index (κ1) is 19.5. The van der Waals surface area contributed by atoms with Crippen molar-refractivity contribution in [1.82, 2.24) is 0 Å². The van der Waals surface area contributed by atoms with Gasteiger partial charge in [0.2, 0.25) is 10.0 Å². The summed E-state index contributed by atoms with van der Waals surface area (Å²) in [5, 5.41) is 3.14. The van der Waals surface area contributed by atoms with Crippen LogP contribution in [0.25, 0.3) is 0 Å². The summed E-state index contributed by atoms with van der Waals surface area (Å²) in [6.07, 6.45) is 1.41.